The second-order valence-corrected chi connectivity index (χ2v) is 10.6. The van der Waals surface area contributed by atoms with Gasteiger partial charge in [0.25, 0.3) is 0 Å². The molecule has 0 saturated heterocycles. The fourth-order valence-corrected chi connectivity index (χ4v) is 6.18. The van der Waals surface area contributed by atoms with Crippen molar-refractivity contribution < 1.29 is 36.2 Å². The summed E-state index contributed by atoms with van der Waals surface area (Å²) in [5, 5.41) is 24.1. The van der Waals surface area contributed by atoms with Crippen molar-refractivity contribution in [2.75, 3.05) is 11.5 Å². The highest BCUT2D eigenvalue weighted by molar-refractivity contribution is 7.99. The van der Waals surface area contributed by atoms with Gasteiger partial charge >= 0.3 is 22.4 Å². The van der Waals surface area contributed by atoms with Crippen molar-refractivity contribution in [3.8, 4) is 22.3 Å². The van der Waals surface area contributed by atoms with Crippen LogP contribution in [-0.2, 0) is 12.4 Å². The van der Waals surface area contributed by atoms with Crippen molar-refractivity contribution in [3.05, 3.63) is 78.5 Å². The lowest BCUT2D eigenvalue weighted by Gasteiger charge is -2.19. The highest BCUT2D eigenvalue weighted by Gasteiger charge is 2.39. The van der Waals surface area contributed by atoms with E-state index in [2.05, 4.69) is 0 Å². The number of nitrogens with two attached hydrogens (primary N) is 2. The fourth-order valence-electron chi connectivity index (χ4n) is 3.82. The van der Waals surface area contributed by atoms with Gasteiger partial charge in [-0.05, 0) is 47.2 Å². The Morgan fingerprint density at radius 2 is 1.03 bits per heavy atom. The summed E-state index contributed by atoms with van der Waals surface area (Å²) in [4.78, 5) is 21.0. The topological polar surface area (TPSA) is 138 Å². The Balaban J connectivity index is 1.93. The number of nitrogen functional groups attached to an aromatic ring is 2. The molecule has 4 rings (SSSR count). The molecule has 0 amide bonds. The molecule has 0 spiro atoms. The predicted molar refractivity (Wildman–Crippen MR) is 136 cm³/mol. The smallest absolute Gasteiger partial charge is 0.397 e. The summed E-state index contributed by atoms with van der Waals surface area (Å²) in [6.07, 6.45) is -9.89. The third-order valence-electron chi connectivity index (χ3n) is 5.40. The van der Waals surface area contributed by atoms with Crippen LogP contribution in [0.25, 0.3) is 22.3 Å². The predicted octanol–water partition coefficient (Wildman–Crippen LogP) is 8.31. The molecule has 0 radical (unpaired) electrons. The van der Waals surface area contributed by atoms with Gasteiger partial charge in [-0.1, -0.05) is 34.4 Å². The van der Waals surface area contributed by atoms with Gasteiger partial charge in [-0.25, -0.2) is 0 Å². The van der Waals surface area contributed by atoms with Gasteiger partial charge in [0.2, 0.25) is 0 Å². The van der Waals surface area contributed by atoms with Crippen molar-refractivity contribution in [1.29, 1.82) is 0 Å². The zero-order valence-corrected chi connectivity index (χ0v) is 21.2. The maximum atomic E-state index is 13.8. The number of alkyl halides is 6. The number of benzene rings is 2. The molecule has 39 heavy (non-hydrogen) atoms. The van der Waals surface area contributed by atoms with E-state index in [0.29, 0.717) is 46.6 Å². The van der Waals surface area contributed by atoms with E-state index in [4.69, 9.17) is 11.5 Å². The minimum absolute atomic E-state index is 0.0873. The van der Waals surface area contributed by atoms with Crippen molar-refractivity contribution in [3.63, 3.8) is 0 Å². The molecule has 0 aliphatic carbocycles. The first kappa shape index (κ1) is 28.2. The maximum Gasteiger partial charge on any atom is 0.417 e. The van der Waals surface area contributed by atoms with Crippen LogP contribution in [0.15, 0.2) is 56.9 Å². The molecule has 4 N–H and O–H groups in total. The molecule has 0 saturated carbocycles. The summed E-state index contributed by atoms with van der Waals surface area (Å²) in [5.74, 6) is 0. The van der Waals surface area contributed by atoms with E-state index in [-0.39, 0.29) is 20.9 Å². The first-order chi connectivity index (χ1) is 18.1. The van der Waals surface area contributed by atoms with Crippen molar-refractivity contribution in [1.82, 2.24) is 0 Å². The summed E-state index contributed by atoms with van der Waals surface area (Å²) in [6.45, 7) is 0. The van der Waals surface area contributed by atoms with Crippen LogP contribution >= 0.6 is 34.4 Å². The van der Waals surface area contributed by atoms with Crippen molar-refractivity contribution in [2.45, 2.75) is 22.1 Å². The number of nitrogens with zero attached hydrogens (tertiary/aromatic N) is 2. The standard InChI is InChI=1S/C22H12F6N4O4S3/c23-21(24,25)11-1-3-13(17(29)15(11)9-5-7-37-19(9)31(33)34)39-14-4-2-12(22(26,27)28)16(18(14)30)10-6-8-38-20(10)32(35)36/h1-8H,29-30H2. The Kier molecular flexibility index (Phi) is 7.26. The van der Waals surface area contributed by atoms with Gasteiger partial charge in [-0.3, -0.25) is 20.2 Å². The van der Waals surface area contributed by atoms with Crippen molar-refractivity contribution >= 4 is 55.8 Å². The van der Waals surface area contributed by atoms with E-state index < -0.39 is 65.8 Å². The molecule has 0 fully saturated rings. The van der Waals surface area contributed by atoms with Crippen molar-refractivity contribution in [2.24, 2.45) is 0 Å². The monoisotopic (exact) mass is 606 g/mol. The van der Waals surface area contributed by atoms with Gasteiger partial charge in [0.1, 0.15) is 0 Å². The van der Waals surface area contributed by atoms with Gasteiger partial charge in [-0.2, -0.15) is 26.3 Å². The highest BCUT2D eigenvalue weighted by Crippen LogP contribution is 2.52. The number of hydrogen-bond acceptors (Lipinski definition) is 9. The molecule has 0 unspecified atom stereocenters. The highest BCUT2D eigenvalue weighted by atomic mass is 32.2. The summed E-state index contributed by atoms with van der Waals surface area (Å²) in [6, 6.07) is 5.46. The Bertz CT molecular complexity index is 1500. The van der Waals surface area contributed by atoms with E-state index in [0.717, 1.165) is 24.3 Å². The molecule has 204 valence electrons. The number of halogens is 6. The summed E-state index contributed by atoms with van der Waals surface area (Å²) >= 11 is 1.80. The van der Waals surface area contributed by atoms with Crippen LogP contribution in [0.4, 0.5) is 47.7 Å². The Hall–Kier alpha value is -3.83. The molecule has 2 heterocycles. The summed E-state index contributed by atoms with van der Waals surface area (Å²) < 4.78 is 83.0. The molecule has 2 aromatic carbocycles. The third-order valence-corrected chi connectivity index (χ3v) is 8.28. The molecule has 17 heteroatoms. The first-order valence-corrected chi connectivity index (χ1v) is 12.8. The number of thiophene rings is 2. The number of hydrogen-bond donors (Lipinski definition) is 2. The lowest BCUT2D eigenvalue weighted by atomic mass is 9.99. The minimum atomic E-state index is -4.94. The zero-order valence-electron chi connectivity index (χ0n) is 18.8. The molecular formula is C22H12F6N4O4S3. The molecule has 4 aromatic rings. The zero-order chi connectivity index (χ0) is 28.9. The molecular weight excluding hydrogens is 594 g/mol. The lowest BCUT2D eigenvalue weighted by Crippen LogP contribution is -2.11. The van der Waals surface area contributed by atoms with Gasteiger partial charge in [0, 0.05) is 20.9 Å². The number of nitro groups is 2. The maximum absolute atomic E-state index is 13.8. The van der Waals surface area contributed by atoms with Crippen LogP contribution in [0.5, 0.6) is 0 Å². The fraction of sp³-hybridized carbons (Fsp3) is 0.0909. The normalized spacial score (nSPS) is 12.1. The lowest BCUT2D eigenvalue weighted by molar-refractivity contribution is -0.379. The third kappa shape index (κ3) is 5.24. The van der Waals surface area contributed by atoms with Crippen LogP contribution in [-0.4, -0.2) is 9.85 Å². The van der Waals surface area contributed by atoms with Crippen LogP contribution in [0, 0.1) is 20.2 Å². The van der Waals surface area contributed by atoms with E-state index in [1.54, 1.807) is 0 Å². The van der Waals surface area contributed by atoms with E-state index in [1.165, 1.54) is 10.8 Å². The van der Waals surface area contributed by atoms with Gasteiger partial charge in [-0.15, -0.1) is 0 Å². The van der Waals surface area contributed by atoms with E-state index in [1.807, 2.05) is 0 Å². The summed E-state index contributed by atoms with van der Waals surface area (Å²) in [5.41, 5.74) is 6.55. The SMILES string of the molecule is Nc1c(Sc2ccc(C(F)(F)F)c(-c3ccsc3[N+](=O)[O-])c2N)ccc(C(F)(F)F)c1-c1ccsc1[N+](=O)[O-]. The average molecular weight is 607 g/mol. The molecule has 2 aromatic heterocycles. The average Bonchev–Trinajstić information content (AvgIpc) is 3.49. The molecule has 0 aliphatic heterocycles. The molecule has 0 aliphatic rings. The van der Waals surface area contributed by atoms with Crippen LogP contribution in [0.1, 0.15) is 11.1 Å². The molecule has 0 atom stereocenters. The first-order valence-electron chi connectivity index (χ1n) is 10.2. The Morgan fingerprint density at radius 1 is 0.667 bits per heavy atom. The second-order valence-electron chi connectivity index (χ2n) is 7.69. The Labute approximate surface area is 226 Å². The van der Waals surface area contributed by atoms with E-state index >= 15 is 0 Å². The Morgan fingerprint density at radius 3 is 1.33 bits per heavy atom. The van der Waals surface area contributed by atoms with Gasteiger partial charge in [0.15, 0.2) is 0 Å². The quantitative estimate of drug-likeness (QED) is 0.0974. The summed E-state index contributed by atoms with van der Waals surface area (Å²) in [7, 11) is 0. The van der Waals surface area contributed by atoms with Gasteiger partial charge < -0.3 is 11.5 Å². The van der Waals surface area contributed by atoms with Crippen LogP contribution < -0.4 is 11.5 Å². The van der Waals surface area contributed by atoms with Crippen LogP contribution in [0.2, 0.25) is 0 Å². The molecule has 8 nitrogen and oxygen atoms in total. The number of rotatable bonds is 6. The van der Waals surface area contributed by atoms with Crippen LogP contribution in [0.3, 0.4) is 0 Å². The number of anilines is 2. The minimum Gasteiger partial charge on any atom is -0.397 e. The molecule has 0 bridgehead atoms. The second kappa shape index (κ2) is 10.0. The largest absolute Gasteiger partial charge is 0.417 e. The van der Waals surface area contributed by atoms with Gasteiger partial charge in [0.05, 0.1) is 43.5 Å². The van der Waals surface area contributed by atoms with E-state index in [9.17, 15) is 46.6 Å².